The van der Waals surface area contributed by atoms with Crippen molar-refractivity contribution in [3.63, 3.8) is 0 Å². The Morgan fingerprint density at radius 1 is 1.32 bits per heavy atom. The maximum Gasteiger partial charge on any atom is 0.123 e. The molecule has 100 valence electrons. The van der Waals surface area contributed by atoms with Crippen LogP contribution in [0.15, 0.2) is 36.8 Å². The molecule has 2 aromatic rings. The van der Waals surface area contributed by atoms with Crippen molar-refractivity contribution < 1.29 is 4.39 Å². The Balaban J connectivity index is 1.95. The van der Waals surface area contributed by atoms with E-state index in [1.165, 1.54) is 18.6 Å². The molecule has 2 unspecified atom stereocenters. The van der Waals surface area contributed by atoms with Gasteiger partial charge in [0.2, 0.25) is 0 Å². The van der Waals surface area contributed by atoms with Gasteiger partial charge in [-0.2, -0.15) is 0 Å². The number of piperidine rings is 1. The summed E-state index contributed by atoms with van der Waals surface area (Å²) in [4.78, 5) is 4.27. The number of aromatic nitrogens is 2. The van der Waals surface area contributed by atoms with Gasteiger partial charge in [-0.05, 0) is 56.1 Å². The number of hydrogen-bond acceptors (Lipinski definition) is 2. The van der Waals surface area contributed by atoms with Crippen molar-refractivity contribution in [3.8, 4) is 11.3 Å². The quantitative estimate of drug-likeness (QED) is 0.898. The minimum atomic E-state index is -0.206. The first-order chi connectivity index (χ1) is 9.25. The molecule has 2 atom stereocenters. The molecule has 0 spiro atoms. The predicted molar refractivity (Wildman–Crippen MR) is 73.4 cm³/mol. The highest BCUT2D eigenvalue weighted by molar-refractivity contribution is 5.58. The fraction of sp³-hybridized carbons (Fsp3) is 0.400. The lowest BCUT2D eigenvalue weighted by molar-refractivity contribution is 0.297. The smallest absolute Gasteiger partial charge is 0.123 e. The molecular weight excluding hydrogens is 241 g/mol. The van der Waals surface area contributed by atoms with Crippen LogP contribution in [0.4, 0.5) is 4.39 Å². The lowest BCUT2D eigenvalue weighted by atomic mass is 9.99. The third-order valence-electron chi connectivity index (χ3n) is 3.88. The standard InChI is InChI=1S/C15H18FN3/c1-11-14(3-2-8-18-11)19-10-17-9-15(19)12-4-6-13(16)7-5-12/h4-7,9-11,14,18H,2-3,8H2,1H3. The molecule has 1 aliphatic heterocycles. The molecule has 1 saturated heterocycles. The molecule has 3 rings (SSSR count). The molecule has 2 heterocycles. The normalized spacial score (nSPS) is 23.5. The molecule has 3 nitrogen and oxygen atoms in total. The van der Waals surface area contributed by atoms with Crippen LogP contribution in [0.3, 0.4) is 0 Å². The van der Waals surface area contributed by atoms with E-state index in [1.807, 2.05) is 24.7 Å². The van der Waals surface area contributed by atoms with Crippen LogP contribution in [0, 0.1) is 5.82 Å². The van der Waals surface area contributed by atoms with Crippen LogP contribution in [0.5, 0.6) is 0 Å². The molecule has 0 radical (unpaired) electrons. The van der Waals surface area contributed by atoms with Gasteiger partial charge in [0, 0.05) is 6.04 Å². The van der Waals surface area contributed by atoms with Gasteiger partial charge in [0.25, 0.3) is 0 Å². The maximum atomic E-state index is 13.0. The molecule has 0 saturated carbocycles. The van der Waals surface area contributed by atoms with E-state index in [9.17, 15) is 4.39 Å². The summed E-state index contributed by atoms with van der Waals surface area (Å²) < 4.78 is 15.2. The maximum absolute atomic E-state index is 13.0. The zero-order valence-electron chi connectivity index (χ0n) is 11.0. The van der Waals surface area contributed by atoms with Crippen molar-refractivity contribution >= 4 is 0 Å². The Kier molecular flexibility index (Phi) is 3.34. The highest BCUT2D eigenvalue weighted by Crippen LogP contribution is 2.28. The second-order valence-corrected chi connectivity index (χ2v) is 5.15. The third-order valence-corrected chi connectivity index (χ3v) is 3.88. The molecule has 0 bridgehead atoms. The second-order valence-electron chi connectivity index (χ2n) is 5.15. The van der Waals surface area contributed by atoms with Crippen molar-refractivity contribution in [2.45, 2.75) is 31.8 Å². The lowest BCUT2D eigenvalue weighted by Gasteiger charge is -2.32. The first kappa shape index (κ1) is 12.4. The molecule has 1 aromatic heterocycles. The Labute approximate surface area is 112 Å². The van der Waals surface area contributed by atoms with E-state index in [0.717, 1.165) is 24.2 Å². The summed E-state index contributed by atoms with van der Waals surface area (Å²) in [6, 6.07) is 7.45. The van der Waals surface area contributed by atoms with Gasteiger partial charge in [-0.25, -0.2) is 9.37 Å². The number of hydrogen-bond donors (Lipinski definition) is 1. The summed E-state index contributed by atoms with van der Waals surface area (Å²) in [6.07, 6.45) is 6.07. The van der Waals surface area contributed by atoms with E-state index in [2.05, 4.69) is 21.8 Å². The molecule has 1 aliphatic rings. The summed E-state index contributed by atoms with van der Waals surface area (Å²) in [7, 11) is 0. The average Bonchev–Trinajstić information content (AvgIpc) is 2.89. The Bertz CT molecular complexity index is 547. The zero-order chi connectivity index (χ0) is 13.2. The van der Waals surface area contributed by atoms with Crippen LogP contribution in [0.25, 0.3) is 11.3 Å². The van der Waals surface area contributed by atoms with Gasteiger partial charge < -0.3 is 9.88 Å². The molecule has 0 aliphatic carbocycles. The van der Waals surface area contributed by atoms with Crippen LogP contribution >= 0.6 is 0 Å². The van der Waals surface area contributed by atoms with E-state index in [4.69, 9.17) is 0 Å². The van der Waals surface area contributed by atoms with Crippen LogP contribution < -0.4 is 5.32 Å². The first-order valence-electron chi connectivity index (χ1n) is 6.77. The third kappa shape index (κ3) is 2.40. The van der Waals surface area contributed by atoms with Crippen molar-refractivity contribution in [2.24, 2.45) is 0 Å². The fourth-order valence-corrected chi connectivity index (χ4v) is 2.82. The minimum Gasteiger partial charge on any atom is -0.326 e. The molecule has 4 heteroatoms. The van der Waals surface area contributed by atoms with Gasteiger partial charge in [0.15, 0.2) is 0 Å². The largest absolute Gasteiger partial charge is 0.326 e. The van der Waals surface area contributed by atoms with Gasteiger partial charge in [0.05, 0.1) is 24.3 Å². The van der Waals surface area contributed by atoms with Crippen molar-refractivity contribution in [2.75, 3.05) is 6.54 Å². The van der Waals surface area contributed by atoms with Crippen molar-refractivity contribution in [1.82, 2.24) is 14.9 Å². The summed E-state index contributed by atoms with van der Waals surface area (Å²) in [6.45, 7) is 3.29. The summed E-state index contributed by atoms with van der Waals surface area (Å²) in [5, 5.41) is 3.50. The fourth-order valence-electron chi connectivity index (χ4n) is 2.82. The van der Waals surface area contributed by atoms with E-state index >= 15 is 0 Å². The number of benzene rings is 1. The van der Waals surface area contributed by atoms with Gasteiger partial charge in [-0.15, -0.1) is 0 Å². The number of halogens is 1. The molecule has 1 N–H and O–H groups in total. The Morgan fingerprint density at radius 2 is 2.11 bits per heavy atom. The van der Waals surface area contributed by atoms with Gasteiger partial charge in [-0.1, -0.05) is 0 Å². The number of nitrogens with zero attached hydrogens (tertiary/aromatic N) is 2. The van der Waals surface area contributed by atoms with E-state index in [-0.39, 0.29) is 5.82 Å². The number of nitrogens with one attached hydrogen (secondary N) is 1. The van der Waals surface area contributed by atoms with Gasteiger partial charge in [0.1, 0.15) is 5.82 Å². The lowest BCUT2D eigenvalue weighted by Crippen LogP contribution is -2.40. The highest BCUT2D eigenvalue weighted by Gasteiger charge is 2.24. The van der Waals surface area contributed by atoms with Crippen LogP contribution in [0.1, 0.15) is 25.8 Å². The second kappa shape index (κ2) is 5.13. The number of rotatable bonds is 2. The molecular formula is C15H18FN3. The molecule has 19 heavy (non-hydrogen) atoms. The van der Waals surface area contributed by atoms with E-state index < -0.39 is 0 Å². The number of imidazole rings is 1. The topological polar surface area (TPSA) is 29.9 Å². The highest BCUT2D eigenvalue weighted by atomic mass is 19.1. The monoisotopic (exact) mass is 259 g/mol. The first-order valence-corrected chi connectivity index (χ1v) is 6.77. The summed E-state index contributed by atoms with van der Waals surface area (Å²) in [5.41, 5.74) is 2.07. The summed E-state index contributed by atoms with van der Waals surface area (Å²) in [5.74, 6) is -0.206. The minimum absolute atomic E-state index is 0.206. The van der Waals surface area contributed by atoms with E-state index in [1.54, 1.807) is 0 Å². The summed E-state index contributed by atoms with van der Waals surface area (Å²) >= 11 is 0. The van der Waals surface area contributed by atoms with Crippen LogP contribution in [-0.4, -0.2) is 22.1 Å². The predicted octanol–water partition coefficient (Wildman–Crippen LogP) is 3.00. The van der Waals surface area contributed by atoms with Gasteiger partial charge in [-0.3, -0.25) is 0 Å². The van der Waals surface area contributed by atoms with Crippen molar-refractivity contribution in [3.05, 3.63) is 42.6 Å². The van der Waals surface area contributed by atoms with E-state index in [0.29, 0.717) is 12.1 Å². The molecule has 0 amide bonds. The zero-order valence-corrected chi connectivity index (χ0v) is 11.0. The van der Waals surface area contributed by atoms with Crippen LogP contribution in [-0.2, 0) is 0 Å². The molecule has 1 fully saturated rings. The van der Waals surface area contributed by atoms with Crippen LogP contribution in [0.2, 0.25) is 0 Å². The Hall–Kier alpha value is -1.68. The molecule has 1 aromatic carbocycles. The SMILES string of the molecule is CC1NCCCC1n1cncc1-c1ccc(F)cc1. The van der Waals surface area contributed by atoms with Gasteiger partial charge >= 0.3 is 0 Å². The average molecular weight is 259 g/mol. The Morgan fingerprint density at radius 3 is 2.84 bits per heavy atom. The van der Waals surface area contributed by atoms with Crippen molar-refractivity contribution in [1.29, 1.82) is 0 Å².